The Morgan fingerprint density at radius 3 is 2.14 bits per heavy atom. The van der Waals surface area contributed by atoms with Gasteiger partial charge in [-0.3, -0.25) is 4.79 Å². The molecular weight excluding hydrogens is 262 g/mol. The van der Waals surface area contributed by atoms with Gasteiger partial charge in [0.1, 0.15) is 0 Å². The van der Waals surface area contributed by atoms with E-state index in [4.69, 9.17) is 5.73 Å². The number of amides is 1. The Kier molecular flexibility index (Phi) is 12.7. The average Bonchev–Trinajstić information content (AvgIpc) is 2.51. The van der Waals surface area contributed by atoms with Crippen LogP contribution in [0.4, 0.5) is 0 Å². The quantitative estimate of drug-likeness (QED) is 0.569. The number of nitrogens with two attached hydrogens (primary N) is 1. The summed E-state index contributed by atoms with van der Waals surface area (Å²) in [7, 11) is 0. The van der Waals surface area contributed by atoms with E-state index in [0.29, 0.717) is 18.2 Å². The van der Waals surface area contributed by atoms with Crippen LogP contribution in [0.5, 0.6) is 0 Å². The molecule has 21 heavy (non-hydrogen) atoms. The van der Waals surface area contributed by atoms with Gasteiger partial charge < -0.3 is 15.5 Å². The molecule has 0 rings (SSSR count). The number of hydrogen-bond acceptors (Lipinski definition) is 3. The zero-order chi connectivity index (χ0) is 16.1. The van der Waals surface area contributed by atoms with E-state index in [-0.39, 0.29) is 0 Å². The van der Waals surface area contributed by atoms with E-state index in [2.05, 4.69) is 32.6 Å². The van der Waals surface area contributed by atoms with Crippen molar-refractivity contribution in [2.75, 3.05) is 39.3 Å². The normalized spacial score (nSPS) is 12.7. The zero-order valence-electron chi connectivity index (χ0n) is 14.7. The molecule has 1 amide bonds. The van der Waals surface area contributed by atoms with Crippen molar-refractivity contribution in [2.24, 2.45) is 11.7 Å². The molecule has 0 aliphatic rings. The van der Waals surface area contributed by atoms with Gasteiger partial charge in [-0.25, -0.2) is 0 Å². The van der Waals surface area contributed by atoms with E-state index in [1.807, 2.05) is 4.90 Å². The maximum absolute atomic E-state index is 12.3. The highest BCUT2D eigenvalue weighted by Gasteiger charge is 2.14. The van der Waals surface area contributed by atoms with Gasteiger partial charge in [-0.05, 0) is 58.3 Å². The maximum atomic E-state index is 12.3. The zero-order valence-corrected chi connectivity index (χ0v) is 14.7. The minimum Gasteiger partial charge on any atom is -0.343 e. The third-order valence-electron chi connectivity index (χ3n) is 4.45. The summed E-state index contributed by atoms with van der Waals surface area (Å²) < 4.78 is 0. The molecule has 0 aromatic heterocycles. The second kappa shape index (κ2) is 13.1. The molecule has 0 bridgehead atoms. The molecule has 4 heteroatoms. The van der Waals surface area contributed by atoms with Crippen LogP contribution in [-0.2, 0) is 4.79 Å². The van der Waals surface area contributed by atoms with Gasteiger partial charge in [-0.15, -0.1) is 0 Å². The predicted molar refractivity (Wildman–Crippen MR) is 91.3 cm³/mol. The van der Waals surface area contributed by atoms with Crippen LogP contribution in [0.25, 0.3) is 0 Å². The van der Waals surface area contributed by atoms with Crippen LogP contribution in [0.2, 0.25) is 0 Å². The molecular formula is C17H37N3O. The summed E-state index contributed by atoms with van der Waals surface area (Å²) in [5.41, 5.74) is 5.62. The van der Waals surface area contributed by atoms with Crippen molar-refractivity contribution < 1.29 is 4.79 Å². The molecule has 0 radical (unpaired) electrons. The van der Waals surface area contributed by atoms with Crippen molar-refractivity contribution in [1.82, 2.24) is 9.80 Å². The van der Waals surface area contributed by atoms with Crippen LogP contribution in [0, 0.1) is 5.92 Å². The van der Waals surface area contributed by atoms with Crippen LogP contribution in [0.3, 0.4) is 0 Å². The molecule has 0 spiro atoms. The standard InChI is InChI=1S/C17H37N3O/c1-5-16(12-13-18)10-11-17(21)20(8-4)15-9-14-19(6-2)7-3/h16H,5-15,18H2,1-4H3. The van der Waals surface area contributed by atoms with E-state index in [9.17, 15) is 4.79 Å². The van der Waals surface area contributed by atoms with E-state index in [1.165, 1.54) is 0 Å². The predicted octanol–water partition coefficient (Wildman–Crippen LogP) is 2.72. The lowest BCUT2D eigenvalue weighted by atomic mass is 9.96. The first-order valence-electron chi connectivity index (χ1n) is 8.82. The minimum absolute atomic E-state index is 0.313. The molecule has 1 unspecified atom stereocenters. The summed E-state index contributed by atoms with van der Waals surface area (Å²) in [5.74, 6) is 0.917. The third-order valence-corrected chi connectivity index (χ3v) is 4.45. The van der Waals surface area contributed by atoms with Crippen LogP contribution in [0.1, 0.15) is 59.8 Å². The summed E-state index contributed by atoms with van der Waals surface area (Å²) in [4.78, 5) is 16.7. The number of carbonyl (C=O) groups is 1. The van der Waals surface area contributed by atoms with Crippen molar-refractivity contribution in [2.45, 2.75) is 59.8 Å². The van der Waals surface area contributed by atoms with Gasteiger partial charge in [0.25, 0.3) is 0 Å². The summed E-state index contributed by atoms with van der Waals surface area (Å²) in [6, 6.07) is 0. The number of rotatable bonds is 13. The molecule has 126 valence electrons. The van der Waals surface area contributed by atoms with E-state index >= 15 is 0 Å². The van der Waals surface area contributed by atoms with Gasteiger partial charge >= 0.3 is 0 Å². The van der Waals surface area contributed by atoms with Gasteiger partial charge in [-0.1, -0.05) is 27.2 Å². The topological polar surface area (TPSA) is 49.6 Å². The van der Waals surface area contributed by atoms with E-state index in [1.54, 1.807) is 0 Å². The monoisotopic (exact) mass is 299 g/mol. The molecule has 2 N–H and O–H groups in total. The van der Waals surface area contributed by atoms with Crippen molar-refractivity contribution in [3.05, 3.63) is 0 Å². The largest absolute Gasteiger partial charge is 0.343 e. The van der Waals surface area contributed by atoms with Crippen molar-refractivity contribution in [3.8, 4) is 0 Å². The Hall–Kier alpha value is -0.610. The fraction of sp³-hybridized carbons (Fsp3) is 0.941. The van der Waals surface area contributed by atoms with Gasteiger partial charge in [0.15, 0.2) is 0 Å². The first kappa shape index (κ1) is 20.4. The van der Waals surface area contributed by atoms with Gasteiger partial charge in [-0.2, -0.15) is 0 Å². The first-order valence-corrected chi connectivity index (χ1v) is 8.82. The van der Waals surface area contributed by atoms with Crippen LogP contribution >= 0.6 is 0 Å². The summed E-state index contributed by atoms with van der Waals surface area (Å²) in [6.45, 7) is 14.4. The van der Waals surface area contributed by atoms with Crippen LogP contribution < -0.4 is 5.73 Å². The Labute approximate surface area is 132 Å². The molecule has 0 aromatic rings. The fourth-order valence-corrected chi connectivity index (χ4v) is 2.76. The fourth-order valence-electron chi connectivity index (χ4n) is 2.76. The first-order chi connectivity index (χ1) is 10.1. The highest BCUT2D eigenvalue weighted by molar-refractivity contribution is 5.76. The molecule has 1 atom stereocenters. The molecule has 0 aliphatic carbocycles. The second-order valence-electron chi connectivity index (χ2n) is 5.74. The lowest BCUT2D eigenvalue weighted by Crippen LogP contribution is -2.34. The van der Waals surface area contributed by atoms with Crippen molar-refractivity contribution in [3.63, 3.8) is 0 Å². The third kappa shape index (κ3) is 9.10. The average molecular weight is 300 g/mol. The molecule has 0 aromatic carbocycles. The summed E-state index contributed by atoms with van der Waals surface area (Å²) in [6.07, 6.45) is 4.90. The number of hydrogen-bond donors (Lipinski definition) is 1. The number of carbonyl (C=O) groups excluding carboxylic acids is 1. The lowest BCUT2D eigenvalue weighted by Gasteiger charge is -2.24. The van der Waals surface area contributed by atoms with Crippen molar-refractivity contribution >= 4 is 5.91 Å². The Balaban J connectivity index is 4.06. The van der Waals surface area contributed by atoms with E-state index < -0.39 is 0 Å². The van der Waals surface area contributed by atoms with Gasteiger partial charge in [0.05, 0.1) is 0 Å². The molecule has 0 heterocycles. The number of nitrogens with zero attached hydrogens (tertiary/aromatic N) is 2. The van der Waals surface area contributed by atoms with Gasteiger partial charge in [0.2, 0.25) is 5.91 Å². The highest BCUT2D eigenvalue weighted by Crippen LogP contribution is 2.15. The molecule has 0 aliphatic heterocycles. The van der Waals surface area contributed by atoms with Crippen LogP contribution in [0.15, 0.2) is 0 Å². The SMILES string of the molecule is CCC(CCN)CCC(=O)N(CC)CCCN(CC)CC. The van der Waals surface area contributed by atoms with Crippen molar-refractivity contribution in [1.29, 1.82) is 0 Å². The second-order valence-corrected chi connectivity index (χ2v) is 5.74. The molecule has 4 nitrogen and oxygen atoms in total. The molecule has 0 saturated carbocycles. The maximum Gasteiger partial charge on any atom is 0.222 e. The Bertz CT molecular complexity index is 254. The summed E-state index contributed by atoms with van der Waals surface area (Å²) >= 11 is 0. The summed E-state index contributed by atoms with van der Waals surface area (Å²) in [5, 5.41) is 0. The Morgan fingerprint density at radius 2 is 1.67 bits per heavy atom. The highest BCUT2D eigenvalue weighted by atomic mass is 16.2. The van der Waals surface area contributed by atoms with Gasteiger partial charge in [0, 0.05) is 19.5 Å². The lowest BCUT2D eigenvalue weighted by molar-refractivity contribution is -0.131. The Morgan fingerprint density at radius 1 is 1.00 bits per heavy atom. The minimum atomic E-state index is 0.313. The molecule has 0 saturated heterocycles. The van der Waals surface area contributed by atoms with Crippen LogP contribution in [-0.4, -0.2) is 55.0 Å². The molecule has 0 fully saturated rings. The van der Waals surface area contributed by atoms with E-state index in [0.717, 1.165) is 65.0 Å². The smallest absolute Gasteiger partial charge is 0.222 e.